The van der Waals surface area contributed by atoms with Gasteiger partial charge in [0.1, 0.15) is 18.1 Å². The van der Waals surface area contributed by atoms with Gasteiger partial charge >= 0.3 is 0 Å². The van der Waals surface area contributed by atoms with Gasteiger partial charge in [-0.05, 0) is 18.6 Å². The van der Waals surface area contributed by atoms with E-state index in [1.165, 1.54) is 5.56 Å². The largest absolute Gasteiger partial charge is 0.496 e. The maximum Gasteiger partial charge on any atom is 0.126 e. The second-order valence-electron chi connectivity index (χ2n) is 4.47. The van der Waals surface area contributed by atoms with Crippen LogP contribution in [-0.2, 0) is 6.42 Å². The molecule has 0 bridgehead atoms. The summed E-state index contributed by atoms with van der Waals surface area (Å²) in [6.45, 7) is 5.04. The van der Waals surface area contributed by atoms with Crippen molar-refractivity contribution in [2.24, 2.45) is 0 Å². The molecule has 1 N–H and O–H groups in total. The quantitative estimate of drug-likeness (QED) is 0.846. The van der Waals surface area contributed by atoms with Gasteiger partial charge in [-0.15, -0.1) is 0 Å². The average Bonchev–Trinajstić information content (AvgIpc) is 2.27. The van der Waals surface area contributed by atoms with Crippen molar-refractivity contribution in [3.63, 3.8) is 0 Å². The first-order valence-electron chi connectivity index (χ1n) is 5.75. The van der Waals surface area contributed by atoms with Crippen LogP contribution in [0.3, 0.4) is 0 Å². The molecule has 0 aromatic heterocycles. The van der Waals surface area contributed by atoms with Crippen molar-refractivity contribution < 1.29 is 9.47 Å². The van der Waals surface area contributed by atoms with Crippen molar-refractivity contribution in [2.45, 2.75) is 32.4 Å². The van der Waals surface area contributed by atoms with E-state index < -0.39 is 0 Å². The van der Waals surface area contributed by atoms with Gasteiger partial charge < -0.3 is 14.8 Å². The number of benzene rings is 1. The molecule has 3 nitrogen and oxygen atoms in total. The third kappa shape index (κ3) is 2.30. The summed E-state index contributed by atoms with van der Waals surface area (Å²) in [5.74, 6) is 1.88. The van der Waals surface area contributed by atoms with Crippen molar-refractivity contribution in [2.75, 3.05) is 13.7 Å². The summed E-state index contributed by atoms with van der Waals surface area (Å²) in [6.07, 6.45) is 0.970. The van der Waals surface area contributed by atoms with E-state index in [1.54, 1.807) is 7.11 Å². The zero-order valence-electron chi connectivity index (χ0n) is 10.1. The summed E-state index contributed by atoms with van der Waals surface area (Å²) >= 11 is 0. The fourth-order valence-electron chi connectivity index (χ4n) is 2.15. The van der Waals surface area contributed by atoms with Crippen LogP contribution in [0.5, 0.6) is 11.5 Å². The highest BCUT2D eigenvalue weighted by molar-refractivity contribution is 5.46. The first-order valence-corrected chi connectivity index (χ1v) is 5.75. The number of ether oxygens (including phenoxy) is 2. The molecule has 0 aliphatic carbocycles. The van der Waals surface area contributed by atoms with Crippen LogP contribution in [0.25, 0.3) is 0 Å². The topological polar surface area (TPSA) is 30.5 Å². The maximum atomic E-state index is 5.74. The number of hydrogen-bond donors (Lipinski definition) is 1. The van der Waals surface area contributed by atoms with Gasteiger partial charge in [0.25, 0.3) is 0 Å². The second kappa shape index (κ2) is 4.74. The summed E-state index contributed by atoms with van der Waals surface area (Å²) in [6, 6.07) is 6.81. The Bertz CT molecular complexity index is 349. The Labute approximate surface area is 96.8 Å². The van der Waals surface area contributed by atoms with Gasteiger partial charge in [0.15, 0.2) is 0 Å². The Morgan fingerprint density at radius 2 is 2.25 bits per heavy atom. The molecule has 1 heterocycles. The predicted octanol–water partition coefficient (Wildman–Crippen LogP) is 2.00. The van der Waals surface area contributed by atoms with Gasteiger partial charge in [-0.2, -0.15) is 0 Å². The molecule has 1 aliphatic rings. The molecule has 1 aliphatic heterocycles. The first kappa shape index (κ1) is 11.3. The zero-order chi connectivity index (χ0) is 11.5. The van der Waals surface area contributed by atoms with Crippen molar-refractivity contribution in [3.8, 4) is 11.5 Å². The Hall–Kier alpha value is -1.22. The highest BCUT2D eigenvalue weighted by atomic mass is 16.5. The summed E-state index contributed by atoms with van der Waals surface area (Å²) in [5, 5.41) is 3.49. The van der Waals surface area contributed by atoms with Gasteiger partial charge in [0.2, 0.25) is 0 Å². The summed E-state index contributed by atoms with van der Waals surface area (Å²) in [5.41, 5.74) is 1.18. The summed E-state index contributed by atoms with van der Waals surface area (Å²) < 4.78 is 11.1. The Kier molecular flexibility index (Phi) is 3.34. The fraction of sp³-hybridized carbons (Fsp3) is 0.538. The molecule has 2 rings (SSSR count). The molecule has 0 saturated carbocycles. The van der Waals surface area contributed by atoms with Gasteiger partial charge in [-0.25, -0.2) is 0 Å². The van der Waals surface area contributed by atoms with Crippen molar-refractivity contribution in [1.82, 2.24) is 5.32 Å². The van der Waals surface area contributed by atoms with E-state index in [0.29, 0.717) is 12.1 Å². The lowest BCUT2D eigenvalue weighted by Gasteiger charge is -2.28. The lowest BCUT2D eigenvalue weighted by molar-refractivity contribution is 0.228. The minimum Gasteiger partial charge on any atom is -0.496 e. The van der Waals surface area contributed by atoms with E-state index >= 15 is 0 Å². The highest BCUT2D eigenvalue weighted by Gasteiger charge is 2.22. The Balaban J connectivity index is 2.18. The molecule has 0 spiro atoms. The van der Waals surface area contributed by atoms with E-state index in [0.717, 1.165) is 24.5 Å². The Morgan fingerprint density at radius 1 is 1.44 bits per heavy atom. The number of fused-ring (bicyclic) bond motifs is 1. The van der Waals surface area contributed by atoms with E-state index in [2.05, 4.69) is 19.2 Å². The normalized spacial score (nSPS) is 19.1. The molecule has 1 aromatic carbocycles. The molecule has 0 amide bonds. The van der Waals surface area contributed by atoms with E-state index in [1.807, 2.05) is 18.2 Å². The van der Waals surface area contributed by atoms with Crippen LogP contribution >= 0.6 is 0 Å². The number of rotatable bonds is 3. The minimum atomic E-state index is 0.379. The SMILES string of the molecule is COc1cccc2c1C[C@H](NC(C)C)CO2. The van der Waals surface area contributed by atoms with Gasteiger partial charge in [-0.3, -0.25) is 0 Å². The van der Waals surface area contributed by atoms with Crippen molar-refractivity contribution in [1.29, 1.82) is 0 Å². The van der Waals surface area contributed by atoms with Crippen LogP contribution in [0, 0.1) is 0 Å². The molecular formula is C13H19NO2. The first-order chi connectivity index (χ1) is 7.70. The smallest absolute Gasteiger partial charge is 0.126 e. The van der Waals surface area contributed by atoms with Crippen molar-refractivity contribution in [3.05, 3.63) is 23.8 Å². The summed E-state index contributed by atoms with van der Waals surface area (Å²) in [4.78, 5) is 0. The van der Waals surface area contributed by atoms with Crippen LogP contribution in [0.2, 0.25) is 0 Å². The maximum absolute atomic E-state index is 5.74. The van der Waals surface area contributed by atoms with Gasteiger partial charge in [0, 0.05) is 17.6 Å². The molecule has 1 atom stereocenters. The van der Waals surface area contributed by atoms with Crippen LogP contribution < -0.4 is 14.8 Å². The molecule has 0 radical (unpaired) electrons. The third-order valence-electron chi connectivity index (χ3n) is 2.77. The number of nitrogens with one attached hydrogen (secondary N) is 1. The Morgan fingerprint density at radius 3 is 2.94 bits per heavy atom. The lowest BCUT2D eigenvalue weighted by atomic mass is 10.0. The molecule has 1 aromatic rings. The van der Waals surface area contributed by atoms with Crippen LogP contribution in [0.4, 0.5) is 0 Å². The van der Waals surface area contributed by atoms with Gasteiger partial charge in [0.05, 0.1) is 7.11 Å². The molecule has 0 unspecified atom stereocenters. The minimum absolute atomic E-state index is 0.379. The highest BCUT2D eigenvalue weighted by Crippen LogP contribution is 2.32. The number of methoxy groups -OCH3 is 1. The standard InChI is InChI=1S/C13H19NO2/c1-9(2)14-10-7-11-12(15-3)5-4-6-13(11)16-8-10/h4-6,9-10,14H,7-8H2,1-3H3/t10-/m0/s1. The predicted molar refractivity (Wildman–Crippen MR) is 64.3 cm³/mol. The van der Waals surface area contributed by atoms with Crippen LogP contribution in [-0.4, -0.2) is 25.8 Å². The average molecular weight is 221 g/mol. The fourth-order valence-corrected chi connectivity index (χ4v) is 2.15. The third-order valence-corrected chi connectivity index (χ3v) is 2.77. The van der Waals surface area contributed by atoms with E-state index in [-0.39, 0.29) is 0 Å². The molecular weight excluding hydrogens is 202 g/mol. The lowest BCUT2D eigenvalue weighted by Crippen LogP contribution is -2.42. The zero-order valence-corrected chi connectivity index (χ0v) is 10.1. The molecule has 3 heteroatoms. The molecule has 0 saturated heterocycles. The summed E-state index contributed by atoms with van der Waals surface area (Å²) in [7, 11) is 1.70. The van der Waals surface area contributed by atoms with Crippen molar-refractivity contribution >= 4 is 0 Å². The van der Waals surface area contributed by atoms with Crippen LogP contribution in [0.1, 0.15) is 19.4 Å². The van der Waals surface area contributed by atoms with Gasteiger partial charge in [-0.1, -0.05) is 19.9 Å². The molecule has 0 fully saturated rings. The van der Waals surface area contributed by atoms with Crippen LogP contribution in [0.15, 0.2) is 18.2 Å². The van der Waals surface area contributed by atoms with E-state index in [9.17, 15) is 0 Å². The molecule has 88 valence electrons. The molecule has 16 heavy (non-hydrogen) atoms. The van der Waals surface area contributed by atoms with E-state index in [4.69, 9.17) is 9.47 Å². The second-order valence-corrected chi connectivity index (χ2v) is 4.47. The number of hydrogen-bond acceptors (Lipinski definition) is 3. The monoisotopic (exact) mass is 221 g/mol.